The Hall–Kier alpha value is 0.650. The summed E-state index contributed by atoms with van der Waals surface area (Å²) in [5.74, 6) is 0.624. The molecule has 68 valence electrons. The molecule has 3 heteroatoms. The van der Waals surface area contributed by atoms with Crippen LogP contribution in [0.25, 0.3) is 0 Å². The van der Waals surface area contributed by atoms with Gasteiger partial charge >= 0.3 is 0 Å². The molecule has 0 saturated carbocycles. The molecule has 0 aromatic carbocycles. The SMILES string of the molecule is CCOC(C)OC[C@@H](C)CI. The van der Waals surface area contributed by atoms with Gasteiger partial charge in [-0.1, -0.05) is 29.5 Å². The number of halogens is 1. The number of hydrogen-bond donors (Lipinski definition) is 0. The Balaban J connectivity index is 3.22. The lowest BCUT2D eigenvalue weighted by Gasteiger charge is -2.15. The lowest BCUT2D eigenvalue weighted by molar-refractivity contribution is -0.132. The minimum atomic E-state index is -0.0506. The summed E-state index contributed by atoms with van der Waals surface area (Å²) in [4.78, 5) is 0. The quantitative estimate of drug-likeness (QED) is 0.420. The van der Waals surface area contributed by atoms with Crippen molar-refractivity contribution in [2.75, 3.05) is 17.6 Å². The van der Waals surface area contributed by atoms with Crippen molar-refractivity contribution >= 4 is 22.6 Å². The van der Waals surface area contributed by atoms with Crippen molar-refractivity contribution in [2.24, 2.45) is 5.92 Å². The number of hydrogen-bond acceptors (Lipinski definition) is 2. The fourth-order valence-corrected chi connectivity index (χ4v) is 0.881. The lowest BCUT2D eigenvalue weighted by Crippen LogP contribution is -2.17. The van der Waals surface area contributed by atoms with Crippen LogP contribution in [0.5, 0.6) is 0 Å². The Morgan fingerprint density at radius 1 is 1.27 bits per heavy atom. The van der Waals surface area contributed by atoms with Crippen LogP contribution in [-0.2, 0) is 9.47 Å². The normalized spacial score (nSPS) is 16.4. The third-order valence-electron chi connectivity index (χ3n) is 1.28. The zero-order chi connectivity index (χ0) is 8.69. The van der Waals surface area contributed by atoms with Crippen LogP contribution in [0.15, 0.2) is 0 Å². The third kappa shape index (κ3) is 7.03. The summed E-state index contributed by atoms with van der Waals surface area (Å²) in [6.07, 6.45) is -0.0506. The van der Waals surface area contributed by atoms with Crippen molar-refractivity contribution < 1.29 is 9.47 Å². The molecule has 0 aromatic heterocycles. The Kier molecular flexibility index (Phi) is 7.74. The van der Waals surface area contributed by atoms with E-state index in [1.807, 2.05) is 13.8 Å². The summed E-state index contributed by atoms with van der Waals surface area (Å²) >= 11 is 2.36. The molecule has 0 aromatic rings. The summed E-state index contributed by atoms with van der Waals surface area (Å²) in [7, 11) is 0. The van der Waals surface area contributed by atoms with Gasteiger partial charge in [0.05, 0.1) is 6.61 Å². The molecular formula is C8H17IO2. The van der Waals surface area contributed by atoms with E-state index in [4.69, 9.17) is 9.47 Å². The molecular weight excluding hydrogens is 255 g/mol. The monoisotopic (exact) mass is 272 g/mol. The molecule has 0 fully saturated rings. The van der Waals surface area contributed by atoms with Gasteiger partial charge in [-0.2, -0.15) is 0 Å². The molecule has 2 nitrogen and oxygen atoms in total. The van der Waals surface area contributed by atoms with E-state index in [-0.39, 0.29) is 6.29 Å². The highest BCUT2D eigenvalue weighted by Crippen LogP contribution is 2.03. The molecule has 0 amide bonds. The molecule has 0 spiro atoms. The topological polar surface area (TPSA) is 18.5 Å². The number of alkyl halides is 1. The van der Waals surface area contributed by atoms with Crippen molar-refractivity contribution in [1.82, 2.24) is 0 Å². The molecule has 0 aliphatic rings. The van der Waals surface area contributed by atoms with Crippen molar-refractivity contribution in [3.63, 3.8) is 0 Å². The van der Waals surface area contributed by atoms with E-state index >= 15 is 0 Å². The predicted molar refractivity (Wildman–Crippen MR) is 55.1 cm³/mol. The van der Waals surface area contributed by atoms with E-state index in [0.29, 0.717) is 5.92 Å². The zero-order valence-corrected chi connectivity index (χ0v) is 9.63. The Labute approximate surface area is 82.8 Å². The fourth-order valence-electron chi connectivity index (χ4n) is 0.627. The molecule has 0 N–H and O–H groups in total. The smallest absolute Gasteiger partial charge is 0.154 e. The van der Waals surface area contributed by atoms with Crippen LogP contribution in [0.3, 0.4) is 0 Å². The number of rotatable bonds is 6. The van der Waals surface area contributed by atoms with Gasteiger partial charge in [0.2, 0.25) is 0 Å². The van der Waals surface area contributed by atoms with E-state index in [1.54, 1.807) is 0 Å². The highest BCUT2D eigenvalue weighted by atomic mass is 127. The fraction of sp³-hybridized carbons (Fsp3) is 1.00. The summed E-state index contributed by atoms with van der Waals surface area (Å²) in [6.45, 7) is 7.60. The first-order valence-corrected chi connectivity index (χ1v) is 5.52. The maximum absolute atomic E-state index is 5.41. The average molecular weight is 272 g/mol. The second-order valence-electron chi connectivity index (χ2n) is 2.62. The first-order chi connectivity index (χ1) is 5.20. The van der Waals surface area contributed by atoms with Gasteiger partial charge in [-0.05, 0) is 19.8 Å². The largest absolute Gasteiger partial charge is 0.353 e. The van der Waals surface area contributed by atoms with E-state index in [9.17, 15) is 0 Å². The summed E-state index contributed by atoms with van der Waals surface area (Å²) < 4.78 is 11.8. The average Bonchev–Trinajstić information content (AvgIpc) is 2.01. The molecule has 1 unspecified atom stereocenters. The molecule has 11 heavy (non-hydrogen) atoms. The second-order valence-corrected chi connectivity index (χ2v) is 3.50. The standard InChI is InChI=1S/C8H17IO2/c1-4-10-8(3)11-6-7(2)5-9/h7-8H,4-6H2,1-3H3/t7-,8?/m0/s1. The van der Waals surface area contributed by atoms with Crippen LogP contribution in [-0.4, -0.2) is 23.9 Å². The predicted octanol–water partition coefficient (Wildman–Crippen LogP) is 2.46. The van der Waals surface area contributed by atoms with Crippen LogP contribution >= 0.6 is 22.6 Å². The van der Waals surface area contributed by atoms with E-state index in [1.165, 1.54) is 0 Å². The van der Waals surface area contributed by atoms with Crippen LogP contribution in [0, 0.1) is 5.92 Å². The molecule has 0 aliphatic carbocycles. The molecule has 0 heterocycles. The second kappa shape index (κ2) is 7.31. The molecule has 0 saturated heterocycles. The summed E-state index contributed by atoms with van der Waals surface area (Å²) in [5.41, 5.74) is 0. The molecule has 2 atom stereocenters. The maximum Gasteiger partial charge on any atom is 0.154 e. The van der Waals surface area contributed by atoms with Gasteiger partial charge in [-0.25, -0.2) is 0 Å². The van der Waals surface area contributed by atoms with Gasteiger partial charge in [0, 0.05) is 11.0 Å². The van der Waals surface area contributed by atoms with Crippen LogP contribution in [0.1, 0.15) is 20.8 Å². The Bertz CT molecular complexity index is 88.2. The van der Waals surface area contributed by atoms with Crippen LogP contribution in [0.4, 0.5) is 0 Å². The van der Waals surface area contributed by atoms with Gasteiger partial charge in [0.25, 0.3) is 0 Å². The van der Waals surface area contributed by atoms with Crippen molar-refractivity contribution in [1.29, 1.82) is 0 Å². The summed E-state index contributed by atoms with van der Waals surface area (Å²) in [5, 5.41) is 0. The van der Waals surface area contributed by atoms with Crippen LogP contribution in [0.2, 0.25) is 0 Å². The van der Waals surface area contributed by atoms with E-state index < -0.39 is 0 Å². The molecule has 0 rings (SSSR count). The first kappa shape index (κ1) is 11.6. The van der Waals surface area contributed by atoms with Gasteiger partial charge in [0.15, 0.2) is 6.29 Å². The lowest BCUT2D eigenvalue weighted by atomic mass is 10.2. The third-order valence-corrected chi connectivity index (χ3v) is 2.78. The number of ether oxygens (including phenoxy) is 2. The van der Waals surface area contributed by atoms with Crippen molar-refractivity contribution in [3.05, 3.63) is 0 Å². The van der Waals surface area contributed by atoms with Gasteiger partial charge in [-0.3, -0.25) is 0 Å². The van der Waals surface area contributed by atoms with Crippen molar-refractivity contribution in [3.8, 4) is 0 Å². The minimum Gasteiger partial charge on any atom is -0.353 e. The molecule has 0 radical (unpaired) electrons. The molecule has 0 bridgehead atoms. The van der Waals surface area contributed by atoms with Gasteiger partial charge < -0.3 is 9.47 Å². The van der Waals surface area contributed by atoms with E-state index in [0.717, 1.165) is 17.6 Å². The highest BCUT2D eigenvalue weighted by Gasteiger charge is 2.03. The van der Waals surface area contributed by atoms with E-state index in [2.05, 4.69) is 29.5 Å². The van der Waals surface area contributed by atoms with Gasteiger partial charge in [0.1, 0.15) is 0 Å². The highest BCUT2D eigenvalue weighted by molar-refractivity contribution is 14.1. The zero-order valence-electron chi connectivity index (χ0n) is 7.47. The summed E-state index contributed by atoms with van der Waals surface area (Å²) in [6, 6.07) is 0. The van der Waals surface area contributed by atoms with Crippen LogP contribution < -0.4 is 0 Å². The Morgan fingerprint density at radius 2 is 1.91 bits per heavy atom. The molecule has 0 aliphatic heterocycles. The Morgan fingerprint density at radius 3 is 2.36 bits per heavy atom. The van der Waals surface area contributed by atoms with Gasteiger partial charge in [-0.15, -0.1) is 0 Å². The first-order valence-electron chi connectivity index (χ1n) is 3.99. The maximum atomic E-state index is 5.41. The minimum absolute atomic E-state index is 0.0506. The van der Waals surface area contributed by atoms with Crippen molar-refractivity contribution in [2.45, 2.75) is 27.1 Å².